The quantitative estimate of drug-likeness (QED) is 0.140. The van der Waals surface area contributed by atoms with Gasteiger partial charge in [-0.05, 0) is 137 Å². The smallest absolute Gasteiger partial charge is 0.227 e. The molecule has 1 aliphatic rings. The average molecular weight is 767 g/mol. The highest BCUT2D eigenvalue weighted by atomic mass is 16.5. The maximum Gasteiger partial charge on any atom is 0.227 e. The molecule has 0 aliphatic heterocycles. The first kappa shape index (κ1) is 35.8. The van der Waals surface area contributed by atoms with Gasteiger partial charge >= 0.3 is 0 Å². The molecule has 0 saturated heterocycles. The molecule has 0 fully saturated rings. The van der Waals surface area contributed by atoms with Crippen molar-refractivity contribution in [1.29, 1.82) is 0 Å². The van der Waals surface area contributed by atoms with Crippen molar-refractivity contribution in [3.63, 3.8) is 0 Å². The van der Waals surface area contributed by atoms with Gasteiger partial charge < -0.3 is 24.7 Å². The molecular formula is C53H42N4O2. The highest BCUT2D eigenvalue weighted by molar-refractivity contribution is 5.88. The number of nitrogen functional groups attached to an aromatic ring is 1. The lowest BCUT2D eigenvalue weighted by atomic mass is 9.82. The van der Waals surface area contributed by atoms with E-state index in [2.05, 4.69) is 169 Å². The second-order valence-corrected chi connectivity index (χ2v) is 15.5. The molecule has 0 radical (unpaired) electrons. The van der Waals surface area contributed by atoms with Crippen molar-refractivity contribution in [2.24, 2.45) is 0 Å². The normalized spacial score (nSPS) is 12.5. The van der Waals surface area contributed by atoms with Crippen LogP contribution in [0, 0.1) is 0 Å². The molecule has 0 amide bonds. The number of fused-ring (bicyclic) bond motifs is 4. The molecule has 1 aromatic heterocycles. The van der Waals surface area contributed by atoms with Crippen LogP contribution in [0.25, 0.3) is 33.7 Å². The van der Waals surface area contributed by atoms with Crippen LogP contribution in [0.1, 0.15) is 30.5 Å². The molecule has 0 spiro atoms. The van der Waals surface area contributed by atoms with Crippen LogP contribution in [0.15, 0.2) is 199 Å². The van der Waals surface area contributed by atoms with E-state index in [0.29, 0.717) is 23.9 Å². The standard InChI is InChI=1S/C53H42N4O2/c1-53(2)46-33-42(56(38-13-5-3-6-14-38)40-25-21-36(22-26-40)35-58-50-19-11-9-17-48(50)54)29-31-44(46)45-32-30-43(34-47(45)53)57(39-15-7-4-8-16-39)41-27-23-37(24-28-41)52-55-49-18-10-12-20-51(49)59-52/h3-34H,35,54H2,1-2H3. The van der Waals surface area contributed by atoms with E-state index in [-0.39, 0.29) is 5.41 Å². The Kier molecular flexibility index (Phi) is 8.95. The molecule has 2 N–H and O–H groups in total. The van der Waals surface area contributed by atoms with Gasteiger partial charge in [0.2, 0.25) is 5.89 Å². The molecule has 0 unspecified atom stereocenters. The molecule has 0 saturated carbocycles. The number of ether oxygens (including phenoxy) is 1. The van der Waals surface area contributed by atoms with E-state index >= 15 is 0 Å². The predicted molar refractivity (Wildman–Crippen MR) is 242 cm³/mol. The summed E-state index contributed by atoms with van der Waals surface area (Å²) in [6.45, 7) is 5.11. The summed E-state index contributed by atoms with van der Waals surface area (Å²) in [5.41, 5.74) is 21.7. The number of hydrogen-bond acceptors (Lipinski definition) is 6. The molecule has 0 bridgehead atoms. The van der Waals surface area contributed by atoms with Crippen LogP contribution in [0.3, 0.4) is 0 Å². The first-order valence-corrected chi connectivity index (χ1v) is 19.9. The van der Waals surface area contributed by atoms with Crippen LogP contribution in [-0.4, -0.2) is 4.98 Å². The lowest BCUT2D eigenvalue weighted by Crippen LogP contribution is -2.17. The topological polar surface area (TPSA) is 67.8 Å². The lowest BCUT2D eigenvalue weighted by Gasteiger charge is -2.29. The number of nitrogens with two attached hydrogens (primary N) is 1. The van der Waals surface area contributed by atoms with E-state index < -0.39 is 0 Å². The summed E-state index contributed by atoms with van der Waals surface area (Å²) in [4.78, 5) is 9.38. The van der Waals surface area contributed by atoms with Crippen molar-refractivity contribution in [1.82, 2.24) is 4.98 Å². The van der Waals surface area contributed by atoms with Crippen molar-refractivity contribution in [2.45, 2.75) is 25.9 Å². The molecule has 1 heterocycles. The van der Waals surface area contributed by atoms with Crippen LogP contribution in [0.2, 0.25) is 0 Å². The van der Waals surface area contributed by atoms with Gasteiger partial charge in [-0.2, -0.15) is 0 Å². The van der Waals surface area contributed by atoms with E-state index in [4.69, 9.17) is 19.9 Å². The van der Waals surface area contributed by atoms with Crippen LogP contribution in [-0.2, 0) is 12.0 Å². The third-order valence-electron chi connectivity index (χ3n) is 11.4. The molecular weight excluding hydrogens is 725 g/mol. The Morgan fingerprint density at radius 2 is 1.02 bits per heavy atom. The summed E-state index contributed by atoms with van der Waals surface area (Å²) >= 11 is 0. The van der Waals surface area contributed by atoms with Gasteiger partial charge in [-0.1, -0.05) is 98.8 Å². The van der Waals surface area contributed by atoms with E-state index in [1.807, 2.05) is 48.5 Å². The Hall–Kier alpha value is -7.57. The van der Waals surface area contributed by atoms with Crippen LogP contribution in [0.4, 0.5) is 39.8 Å². The molecule has 6 nitrogen and oxygen atoms in total. The van der Waals surface area contributed by atoms with Crippen LogP contribution < -0.4 is 20.3 Å². The summed E-state index contributed by atoms with van der Waals surface area (Å²) in [5.74, 6) is 1.30. The minimum atomic E-state index is -0.265. The van der Waals surface area contributed by atoms with Gasteiger partial charge in [0.1, 0.15) is 17.9 Å². The number of rotatable bonds is 10. The highest BCUT2D eigenvalue weighted by Crippen LogP contribution is 2.52. The SMILES string of the molecule is CC1(C)c2cc(N(c3ccccc3)c3ccc(COc4ccccc4N)cc3)ccc2-c2ccc(N(c3ccccc3)c3ccc(-c4nc5ccccc5o4)cc3)cc21. The van der Waals surface area contributed by atoms with E-state index in [1.165, 1.54) is 22.3 Å². The summed E-state index contributed by atoms with van der Waals surface area (Å²) in [5, 5.41) is 0. The van der Waals surface area contributed by atoms with Crippen molar-refractivity contribution in [3.05, 3.63) is 211 Å². The Morgan fingerprint density at radius 1 is 0.525 bits per heavy atom. The molecule has 1 aliphatic carbocycles. The minimum Gasteiger partial charge on any atom is -0.487 e. The number of aromatic nitrogens is 1. The number of hydrogen-bond donors (Lipinski definition) is 1. The fourth-order valence-electron chi connectivity index (χ4n) is 8.30. The van der Waals surface area contributed by atoms with Gasteiger partial charge in [-0.15, -0.1) is 0 Å². The zero-order chi connectivity index (χ0) is 39.9. The number of benzene rings is 8. The maximum absolute atomic E-state index is 6.12. The Labute approximate surface area is 344 Å². The molecule has 8 aromatic carbocycles. The summed E-state index contributed by atoms with van der Waals surface area (Å²) in [7, 11) is 0. The van der Waals surface area contributed by atoms with Gasteiger partial charge in [-0.3, -0.25) is 0 Å². The second kappa shape index (κ2) is 14.7. The minimum absolute atomic E-state index is 0.265. The average Bonchev–Trinajstić information content (AvgIpc) is 3.81. The number of anilines is 7. The first-order valence-electron chi connectivity index (χ1n) is 19.9. The third kappa shape index (κ3) is 6.64. The van der Waals surface area contributed by atoms with Crippen molar-refractivity contribution >= 4 is 50.9 Å². The van der Waals surface area contributed by atoms with E-state index in [0.717, 1.165) is 56.4 Å². The van der Waals surface area contributed by atoms with Crippen molar-refractivity contribution in [3.8, 4) is 28.3 Å². The van der Waals surface area contributed by atoms with Gasteiger partial charge in [0.15, 0.2) is 5.58 Å². The van der Waals surface area contributed by atoms with Gasteiger partial charge in [-0.25, -0.2) is 4.98 Å². The van der Waals surface area contributed by atoms with E-state index in [1.54, 1.807) is 0 Å². The summed E-state index contributed by atoms with van der Waals surface area (Å²) in [6.07, 6.45) is 0. The molecule has 59 heavy (non-hydrogen) atoms. The Bertz CT molecular complexity index is 2890. The van der Waals surface area contributed by atoms with Crippen LogP contribution >= 0.6 is 0 Å². The monoisotopic (exact) mass is 766 g/mol. The van der Waals surface area contributed by atoms with Gasteiger partial charge in [0, 0.05) is 45.1 Å². The fourth-order valence-corrected chi connectivity index (χ4v) is 8.30. The molecule has 286 valence electrons. The second-order valence-electron chi connectivity index (χ2n) is 15.5. The molecule has 0 atom stereocenters. The number of nitrogens with zero attached hydrogens (tertiary/aromatic N) is 3. The fraction of sp³-hybridized carbons (Fsp3) is 0.0755. The summed E-state index contributed by atoms with van der Waals surface area (Å²) < 4.78 is 12.1. The zero-order valence-corrected chi connectivity index (χ0v) is 32.9. The summed E-state index contributed by atoms with van der Waals surface area (Å²) in [6, 6.07) is 67.4. The number of oxazole rings is 1. The Morgan fingerprint density at radius 3 is 1.59 bits per heavy atom. The van der Waals surface area contributed by atoms with Gasteiger partial charge in [0.25, 0.3) is 0 Å². The van der Waals surface area contributed by atoms with Crippen molar-refractivity contribution in [2.75, 3.05) is 15.5 Å². The highest BCUT2D eigenvalue weighted by Gasteiger charge is 2.37. The van der Waals surface area contributed by atoms with Gasteiger partial charge in [0.05, 0.1) is 5.69 Å². The molecule has 9 aromatic rings. The largest absolute Gasteiger partial charge is 0.487 e. The lowest BCUT2D eigenvalue weighted by molar-refractivity contribution is 0.308. The predicted octanol–water partition coefficient (Wildman–Crippen LogP) is 13.9. The maximum atomic E-state index is 6.12. The molecule has 10 rings (SSSR count). The number of para-hydroxylation sites is 6. The Balaban J connectivity index is 0.979. The van der Waals surface area contributed by atoms with Crippen molar-refractivity contribution < 1.29 is 9.15 Å². The van der Waals surface area contributed by atoms with Crippen LogP contribution in [0.5, 0.6) is 5.75 Å². The first-order chi connectivity index (χ1) is 28.9. The zero-order valence-electron chi connectivity index (χ0n) is 32.9. The third-order valence-corrected chi connectivity index (χ3v) is 11.4. The molecule has 6 heteroatoms. The van der Waals surface area contributed by atoms with E-state index in [9.17, 15) is 0 Å².